The van der Waals surface area contributed by atoms with Gasteiger partial charge in [0.1, 0.15) is 11.2 Å². The van der Waals surface area contributed by atoms with Crippen molar-refractivity contribution in [3.8, 4) is 33.6 Å². The Labute approximate surface area is 248 Å². The van der Waals surface area contributed by atoms with Crippen LogP contribution in [0.1, 0.15) is 0 Å². The van der Waals surface area contributed by atoms with Crippen LogP contribution in [0, 0.1) is 0 Å². The molecule has 200 valence electrons. The minimum Gasteiger partial charge on any atom is -0.455 e. The zero-order valence-electron chi connectivity index (χ0n) is 23.3. The highest BCUT2D eigenvalue weighted by Gasteiger charge is 2.21. The fraction of sp³-hybridized carbons (Fsp3) is 0. The van der Waals surface area contributed by atoms with Crippen LogP contribution in [-0.2, 0) is 0 Å². The van der Waals surface area contributed by atoms with Gasteiger partial charge in [-0.05, 0) is 62.3 Å². The Balaban J connectivity index is 1.48. The molecule has 2 nitrogen and oxygen atoms in total. The quantitative estimate of drug-likeness (QED) is 0.206. The fourth-order valence-electron chi connectivity index (χ4n) is 6.69. The Morgan fingerprint density at radius 3 is 1.63 bits per heavy atom. The number of aromatic nitrogens is 1. The van der Waals surface area contributed by atoms with Gasteiger partial charge in [0.25, 0.3) is 0 Å². The molecule has 0 fully saturated rings. The summed E-state index contributed by atoms with van der Waals surface area (Å²) in [7, 11) is 0. The van der Waals surface area contributed by atoms with Crippen molar-refractivity contribution in [3.05, 3.63) is 152 Å². The van der Waals surface area contributed by atoms with Gasteiger partial charge >= 0.3 is 0 Å². The second-order valence-electron chi connectivity index (χ2n) is 11.1. The Morgan fingerprint density at radius 2 is 0.907 bits per heavy atom. The molecule has 0 saturated heterocycles. The molecule has 0 saturated carbocycles. The lowest BCUT2D eigenvalue weighted by Crippen LogP contribution is -1.93. The first-order valence-electron chi connectivity index (χ1n) is 14.6. The van der Waals surface area contributed by atoms with Gasteiger partial charge in [-0.1, -0.05) is 127 Å². The maximum Gasteiger partial charge on any atom is 0.144 e. The number of nitrogens with zero attached hydrogens (tertiary/aromatic N) is 1. The van der Waals surface area contributed by atoms with Crippen LogP contribution in [0.25, 0.3) is 87.9 Å². The second kappa shape index (κ2) is 9.40. The van der Waals surface area contributed by atoms with Gasteiger partial charge in [0.2, 0.25) is 0 Å². The van der Waals surface area contributed by atoms with E-state index in [2.05, 4.69) is 140 Å². The zero-order valence-corrected chi connectivity index (χ0v) is 23.3. The molecule has 0 radical (unpaired) electrons. The molecule has 0 unspecified atom stereocenters. The molecule has 0 spiro atoms. The summed E-state index contributed by atoms with van der Waals surface area (Å²) in [6.07, 6.45) is 0. The summed E-state index contributed by atoms with van der Waals surface area (Å²) in [5.74, 6) is 0. The lowest BCUT2D eigenvalue weighted by atomic mass is 9.90. The molecule has 0 amide bonds. The van der Waals surface area contributed by atoms with E-state index in [0.29, 0.717) is 0 Å². The summed E-state index contributed by atoms with van der Waals surface area (Å²) < 4.78 is 6.79. The van der Waals surface area contributed by atoms with E-state index in [4.69, 9.17) is 9.40 Å². The van der Waals surface area contributed by atoms with Crippen LogP contribution in [0.3, 0.4) is 0 Å². The first-order valence-corrected chi connectivity index (χ1v) is 14.6. The molecular formula is C41H25NO. The van der Waals surface area contributed by atoms with Gasteiger partial charge in [0.05, 0.1) is 11.4 Å². The molecule has 0 aliphatic rings. The number of pyridine rings is 1. The van der Waals surface area contributed by atoms with E-state index in [1.807, 2.05) is 12.1 Å². The molecule has 2 heteroatoms. The van der Waals surface area contributed by atoms with Gasteiger partial charge < -0.3 is 4.42 Å². The normalized spacial score (nSPS) is 11.7. The summed E-state index contributed by atoms with van der Waals surface area (Å²) in [6, 6.07) is 53.5. The van der Waals surface area contributed by atoms with Crippen molar-refractivity contribution in [1.82, 2.24) is 4.98 Å². The van der Waals surface area contributed by atoms with Gasteiger partial charge in [-0.25, -0.2) is 4.98 Å². The van der Waals surface area contributed by atoms with Gasteiger partial charge in [-0.2, -0.15) is 0 Å². The van der Waals surface area contributed by atoms with E-state index in [0.717, 1.165) is 61.0 Å². The summed E-state index contributed by atoms with van der Waals surface area (Å²) in [5, 5.41) is 9.39. The van der Waals surface area contributed by atoms with Crippen molar-refractivity contribution in [2.24, 2.45) is 0 Å². The summed E-state index contributed by atoms with van der Waals surface area (Å²) in [5.41, 5.74) is 8.12. The summed E-state index contributed by atoms with van der Waals surface area (Å²) in [4.78, 5) is 5.34. The van der Waals surface area contributed by atoms with Crippen molar-refractivity contribution in [3.63, 3.8) is 0 Å². The first kappa shape index (κ1) is 23.9. The Hall–Kier alpha value is -5.73. The fourth-order valence-corrected chi connectivity index (χ4v) is 6.69. The first-order chi connectivity index (χ1) is 21.3. The van der Waals surface area contributed by atoms with E-state index in [1.54, 1.807) is 0 Å². The number of furan rings is 1. The molecular weight excluding hydrogens is 522 g/mol. The highest BCUT2D eigenvalue weighted by Crippen LogP contribution is 2.46. The number of benzene rings is 7. The minimum atomic E-state index is 0.881. The van der Waals surface area contributed by atoms with Crippen LogP contribution in [0.15, 0.2) is 156 Å². The molecule has 0 aliphatic heterocycles. The maximum absolute atomic E-state index is 6.79. The van der Waals surface area contributed by atoms with E-state index in [-0.39, 0.29) is 0 Å². The summed E-state index contributed by atoms with van der Waals surface area (Å²) in [6.45, 7) is 0. The molecule has 9 rings (SSSR count). The predicted octanol–water partition coefficient (Wildman–Crippen LogP) is 11.4. The molecule has 0 aliphatic carbocycles. The van der Waals surface area contributed by atoms with Crippen LogP contribution in [-0.4, -0.2) is 4.98 Å². The van der Waals surface area contributed by atoms with E-state index in [9.17, 15) is 0 Å². The molecule has 0 N–H and O–H groups in total. The van der Waals surface area contributed by atoms with Crippen LogP contribution in [0.4, 0.5) is 0 Å². The van der Waals surface area contributed by atoms with Crippen LogP contribution < -0.4 is 0 Å². The summed E-state index contributed by atoms with van der Waals surface area (Å²) >= 11 is 0. The second-order valence-corrected chi connectivity index (χ2v) is 11.1. The smallest absolute Gasteiger partial charge is 0.144 e. The maximum atomic E-state index is 6.79. The minimum absolute atomic E-state index is 0.881. The monoisotopic (exact) mass is 547 g/mol. The van der Waals surface area contributed by atoms with Gasteiger partial charge in [0.15, 0.2) is 0 Å². The Morgan fingerprint density at radius 1 is 0.372 bits per heavy atom. The lowest BCUT2D eigenvalue weighted by molar-refractivity contribution is 0.673. The zero-order chi connectivity index (χ0) is 28.3. The third-order valence-corrected chi connectivity index (χ3v) is 8.63. The van der Waals surface area contributed by atoms with E-state index >= 15 is 0 Å². The SMILES string of the molecule is c1ccc(-c2cc(-c3ccccc3)nc(-c3cc4c5ccccc5c5ccccc5c4c4oc5ccccc5c34)c2)cc1. The Kier molecular flexibility index (Phi) is 5.23. The van der Waals surface area contributed by atoms with Crippen molar-refractivity contribution in [1.29, 1.82) is 0 Å². The van der Waals surface area contributed by atoms with E-state index in [1.165, 1.54) is 26.9 Å². The third-order valence-electron chi connectivity index (χ3n) is 8.63. The largest absolute Gasteiger partial charge is 0.455 e. The number of hydrogen-bond acceptors (Lipinski definition) is 2. The predicted molar refractivity (Wildman–Crippen MR) is 180 cm³/mol. The third kappa shape index (κ3) is 3.70. The average molecular weight is 548 g/mol. The lowest BCUT2D eigenvalue weighted by Gasteiger charge is -2.15. The topological polar surface area (TPSA) is 26.0 Å². The van der Waals surface area contributed by atoms with Crippen molar-refractivity contribution in [2.45, 2.75) is 0 Å². The molecule has 0 bridgehead atoms. The Bertz CT molecular complexity index is 2430. The molecule has 2 aromatic heterocycles. The molecule has 7 aromatic carbocycles. The average Bonchev–Trinajstić information content (AvgIpc) is 3.48. The molecule has 2 heterocycles. The molecule has 0 atom stereocenters. The number of hydrogen-bond donors (Lipinski definition) is 0. The number of rotatable bonds is 3. The number of fused-ring (bicyclic) bond motifs is 10. The van der Waals surface area contributed by atoms with Crippen LogP contribution >= 0.6 is 0 Å². The van der Waals surface area contributed by atoms with Crippen molar-refractivity contribution in [2.75, 3.05) is 0 Å². The highest BCUT2D eigenvalue weighted by atomic mass is 16.3. The number of para-hydroxylation sites is 1. The van der Waals surface area contributed by atoms with Gasteiger partial charge in [0, 0.05) is 27.3 Å². The van der Waals surface area contributed by atoms with Gasteiger partial charge in [-0.3, -0.25) is 0 Å². The molecule has 43 heavy (non-hydrogen) atoms. The van der Waals surface area contributed by atoms with Crippen LogP contribution in [0.2, 0.25) is 0 Å². The molecule has 9 aromatic rings. The van der Waals surface area contributed by atoms with E-state index < -0.39 is 0 Å². The van der Waals surface area contributed by atoms with Crippen molar-refractivity contribution < 1.29 is 4.42 Å². The van der Waals surface area contributed by atoms with Crippen LogP contribution in [0.5, 0.6) is 0 Å². The van der Waals surface area contributed by atoms with Gasteiger partial charge in [-0.15, -0.1) is 0 Å². The highest BCUT2D eigenvalue weighted by molar-refractivity contribution is 6.34. The van der Waals surface area contributed by atoms with Crippen molar-refractivity contribution >= 4 is 54.3 Å². The standard InChI is InChI=1S/C41H25NO/c1-3-13-26(14-4-1)28-23-36(27-15-5-2-6-16-27)42-37(24-28)35-25-34-31-19-8-7-17-29(31)30-18-9-10-20-32(30)39(34)41-40(35)33-21-11-12-22-38(33)43-41/h1-25H.